The number of ether oxygens (including phenoxy) is 2. The number of pyridine rings is 1. The van der Waals surface area contributed by atoms with E-state index in [0.717, 1.165) is 17.3 Å². The van der Waals surface area contributed by atoms with Gasteiger partial charge < -0.3 is 9.47 Å². The lowest BCUT2D eigenvalue weighted by atomic mass is 10.2. The third-order valence-electron chi connectivity index (χ3n) is 3.75. The zero-order chi connectivity index (χ0) is 17.4. The molecule has 6 nitrogen and oxygen atoms in total. The summed E-state index contributed by atoms with van der Waals surface area (Å²) in [6.45, 7) is 0.208. The Bertz CT molecular complexity index is 901. The average molecular weight is 375 g/mol. The number of fused-ring (bicyclic) bond motifs is 1. The van der Waals surface area contributed by atoms with Crippen LogP contribution in [0.1, 0.15) is 11.1 Å². The third-order valence-corrected chi connectivity index (χ3v) is 5.01. The van der Waals surface area contributed by atoms with Crippen molar-refractivity contribution in [3.05, 3.63) is 57.7 Å². The highest BCUT2D eigenvalue weighted by Crippen LogP contribution is 2.39. The Morgan fingerprint density at radius 2 is 1.92 bits per heavy atom. The lowest BCUT2D eigenvalue weighted by molar-refractivity contribution is -0.123. The van der Waals surface area contributed by atoms with Gasteiger partial charge in [-0.3, -0.25) is 19.5 Å². The number of benzene rings is 1. The van der Waals surface area contributed by atoms with Crippen LogP contribution < -0.4 is 9.47 Å². The molecule has 2 aliphatic rings. The van der Waals surface area contributed by atoms with E-state index in [9.17, 15) is 9.59 Å². The highest BCUT2D eigenvalue weighted by molar-refractivity contribution is 8.18. The zero-order valence-electron chi connectivity index (χ0n) is 12.8. The third kappa shape index (κ3) is 3.08. The van der Waals surface area contributed by atoms with Crippen LogP contribution in [-0.2, 0) is 11.3 Å². The Kier molecular flexibility index (Phi) is 4.10. The van der Waals surface area contributed by atoms with Crippen LogP contribution in [0.2, 0.25) is 5.02 Å². The van der Waals surface area contributed by atoms with Gasteiger partial charge in [-0.15, -0.1) is 0 Å². The smallest absolute Gasteiger partial charge is 0.293 e. The summed E-state index contributed by atoms with van der Waals surface area (Å²) in [6.07, 6.45) is 4.93. The number of thioether (sulfide) groups is 1. The maximum Gasteiger partial charge on any atom is 0.293 e. The molecule has 0 N–H and O–H groups in total. The molecule has 3 heterocycles. The van der Waals surface area contributed by atoms with Gasteiger partial charge in [0.15, 0.2) is 11.5 Å². The van der Waals surface area contributed by atoms with E-state index in [-0.39, 0.29) is 24.5 Å². The minimum atomic E-state index is -0.347. The molecule has 2 aromatic rings. The van der Waals surface area contributed by atoms with Gasteiger partial charge in [-0.05, 0) is 47.2 Å². The van der Waals surface area contributed by atoms with Crippen molar-refractivity contribution >= 4 is 40.6 Å². The van der Waals surface area contributed by atoms with Gasteiger partial charge in [-0.2, -0.15) is 0 Å². The van der Waals surface area contributed by atoms with Crippen molar-refractivity contribution in [1.82, 2.24) is 9.88 Å². The molecule has 1 aromatic heterocycles. The van der Waals surface area contributed by atoms with Crippen LogP contribution in [0.15, 0.2) is 41.6 Å². The number of imide groups is 1. The second kappa shape index (κ2) is 6.42. The van der Waals surface area contributed by atoms with Crippen LogP contribution >= 0.6 is 23.4 Å². The molecule has 0 bridgehead atoms. The van der Waals surface area contributed by atoms with Crippen molar-refractivity contribution in [2.45, 2.75) is 6.54 Å². The quantitative estimate of drug-likeness (QED) is 0.763. The van der Waals surface area contributed by atoms with Gasteiger partial charge in [-0.25, -0.2) is 0 Å². The maximum absolute atomic E-state index is 12.6. The minimum Gasteiger partial charge on any atom is -0.454 e. The Labute approximate surface area is 152 Å². The molecule has 0 unspecified atom stereocenters. The summed E-state index contributed by atoms with van der Waals surface area (Å²) in [6, 6.07) is 6.86. The first-order valence-corrected chi connectivity index (χ1v) is 8.54. The number of amides is 2. The second-order valence-corrected chi connectivity index (χ2v) is 6.75. The van der Waals surface area contributed by atoms with Crippen molar-refractivity contribution in [3.63, 3.8) is 0 Å². The molecule has 4 rings (SSSR count). The van der Waals surface area contributed by atoms with Crippen LogP contribution in [0.3, 0.4) is 0 Å². The first kappa shape index (κ1) is 16.0. The summed E-state index contributed by atoms with van der Waals surface area (Å²) in [7, 11) is 0. The first-order valence-electron chi connectivity index (χ1n) is 7.35. The van der Waals surface area contributed by atoms with Crippen LogP contribution in [-0.4, -0.2) is 27.8 Å². The van der Waals surface area contributed by atoms with Crippen LogP contribution in [0, 0.1) is 0 Å². The Hall–Kier alpha value is -2.51. The highest BCUT2D eigenvalue weighted by Gasteiger charge is 2.35. The van der Waals surface area contributed by atoms with E-state index in [0.29, 0.717) is 27.0 Å². The lowest BCUT2D eigenvalue weighted by Gasteiger charge is -2.14. The normalized spacial score (nSPS) is 17.6. The predicted molar refractivity (Wildman–Crippen MR) is 93.3 cm³/mol. The summed E-state index contributed by atoms with van der Waals surface area (Å²) in [4.78, 5) is 30.3. The van der Waals surface area contributed by atoms with E-state index < -0.39 is 0 Å². The van der Waals surface area contributed by atoms with Crippen molar-refractivity contribution in [3.8, 4) is 11.5 Å². The second-order valence-electron chi connectivity index (χ2n) is 5.35. The minimum absolute atomic E-state index is 0.0772. The molecule has 2 aliphatic heterocycles. The van der Waals surface area contributed by atoms with Crippen LogP contribution in [0.4, 0.5) is 4.79 Å². The van der Waals surface area contributed by atoms with Crippen molar-refractivity contribution < 1.29 is 19.1 Å². The van der Waals surface area contributed by atoms with Crippen molar-refractivity contribution in [2.75, 3.05) is 6.79 Å². The molecule has 0 atom stereocenters. The van der Waals surface area contributed by atoms with Gasteiger partial charge in [0.25, 0.3) is 11.1 Å². The number of carbonyl (C=O) groups excluding carboxylic acids is 2. The van der Waals surface area contributed by atoms with E-state index >= 15 is 0 Å². The summed E-state index contributed by atoms with van der Waals surface area (Å²) in [5, 5.41) is 0.0838. The fraction of sp³-hybridized carbons (Fsp3) is 0.118. The fourth-order valence-electron chi connectivity index (χ4n) is 2.50. The fourth-order valence-corrected chi connectivity index (χ4v) is 3.55. The van der Waals surface area contributed by atoms with E-state index in [1.807, 2.05) is 0 Å². The Morgan fingerprint density at radius 3 is 2.68 bits per heavy atom. The van der Waals surface area contributed by atoms with E-state index in [2.05, 4.69) is 4.98 Å². The number of rotatable bonds is 3. The predicted octanol–water partition coefficient (Wildman–Crippen LogP) is 3.70. The molecule has 8 heteroatoms. The molecular formula is C17H11ClN2O4S. The molecule has 0 radical (unpaired) electrons. The number of nitrogens with zero attached hydrogens (tertiary/aromatic N) is 2. The molecule has 0 spiro atoms. The van der Waals surface area contributed by atoms with Gasteiger partial charge in [-0.1, -0.05) is 11.6 Å². The summed E-state index contributed by atoms with van der Waals surface area (Å²) in [5.74, 6) is 0.764. The van der Waals surface area contributed by atoms with Gasteiger partial charge >= 0.3 is 0 Å². The Balaban J connectivity index is 1.59. The zero-order valence-corrected chi connectivity index (χ0v) is 14.3. The number of hydrogen-bond donors (Lipinski definition) is 0. The Morgan fingerprint density at radius 1 is 1.20 bits per heavy atom. The molecule has 0 saturated carbocycles. The molecule has 126 valence electrons. The molecule has 0 aliphatic carbocycles. The van der Waals surface area contributed by atoms with Gasteiger partial charge in [0, 0.05) is 23.5 Å². The number of hydrogen-bond acceptors (Lipinski definition) is 6. The van der Waals surface area contributed by atoms with E-state index in [1.165, 1.54) is 4.90 Å². The highest BCUT2D eigenvalue weighted by atomic mass is 35.5. The lowest BCUT2D eigenvalue weighted by Crippen LogP contribution is -2.27. The number of aromatic nitrogens is 1. The van der Waals surface area contributed by atoms with Gasteiger partial charge in [0.1, 0.15) is 0 Å². The summed E-state index contributed by atoms with van der Waals surface area (Å²) < 4.78 is 10.6. The van der Waals surface area contributed by atoms with Gasteiger partial charge in [0.05, 0.1) is 11.4 Å². The molecule has 2 amide bonds. The monoisotopic (exact) mass is 374 g/mol. The summed E-state index contributed by atoms with van der Waals surface area (Å²) >= 11 is 7.14. The average Bonchev–Trinajstić information content (AvgIpc) is 3.15. The number of carbonyl (C=O) groups is 2. The summed E-state index contributed by atoms with van der Waals surface area (Å²) in [5.41, 5.74) is 1.43. The first-order chi connectivity index (χ1) is 12.1. The van der Waals surface area contributed by atoms with Gasteiger partial charge in [0.2, 0.25) is 6.79 Å². The largest absolute Gasteiger partial charge is 0.454 e. The van der Waals surface area contributed by atoms with Crippen molar-refractivity contribution in [2.24, 2.45) is 0 Å². The molecule has 1 saturated heterocycles. The van der Waals surface area contributed by atoms with Crippen LogP contribution in [0.5, 0.6) is 11.5 Å². The molecular weight excluding hydrogens is 364 g/mol. The number of halogens is 1. The molecule has 1 fully saturated rings. The maximum atomic E-state index is 12.6. The SMILES string of the molecule is O=C1S/C(=C/c2ccncc2)C(=O)N1Cc1cc2c(cc1Cl)OCO2. The van der Waals surface area contributed by atoms with Crippen LogP contribution in [0.25, 0.3) is 6.08 Å². The molecule has 1 aromatic carbocycles. The van der Waals surface area contributed by atoms with Crippen molar-refractivity contribution in [1.29, 1.82) is 0 Å². The van der Waals surface area contributed by atoms with E-state index in [4.69, 9.17) is 21.1 Å². The van der Waals surface area contributed by atoms with E-state index in [1.54, 1.807) is 42.7 Å². The molecule has 25 heavy (non-hydrogen) atoms. The topological polar surface area (TPSA) is 68.7 Å². The standard InChI is InChI=1S/C17H11ClN2O4S/c18-12-7-14-13(23-9-24-14)6-11(12)8-20-16(21)15(25-17(20)22)5-10-1-3-19-4-2-10/h1-7H,8-9H2/b15-5+.